The molecule has 0 spiro atoms. The third kappa shape index (κ3) is 4.11. The number of hydrogen-bond donors (Lipinski definition) is 1. The minimum absolute atomic E-state index is 0.000972. The first kappa shape index (κ1) is 16.3. The van der Waals surface area contributed by atoms with Gasteiger partial charge in [-0.3, -0.25) is 10.1 Å². The van der Waals surface area contributed by atoms with Gasteiger partial charge in [0.15, 0.2) is 5.75 Å². The molecule has 20 heavy (non-hydrogen) atoms. The highest BCUT2D eigenvalue weighted by atomic mass is 16.6. The van der Waals surface area contributed by atoms with Crippen LogP contribution in [0.15, 0.2) is 18.2 Å². The van der Waals surface area contributed by atoms with Crippen LogP contribution >= 0.6 is 0 Å². The molecule has 1 rings (SSSR count). The van der Waals surface area contributed by atoms with E-state index in [2.05, 4.69) is 26.1 Å². The van der Waals surface area contributed by atoms with Gasteiger partial charge in [-0.25, -0.2) is 0 Å². The van der Waals surface area contributed by atoms with Gasteiger partial charge in [-0.1, -0.05) is 13.8 Å². The van der Waals surface area contributed by atoms with Gasteiger partial charge in [-0.05, 0) is 39.7 Å². The molecule has 0 heterocycles. The Bertz CT molecular complexity index is 468. The summed E-state index contributed by atoms with van der Waals surface area (Å²) in [6, 6.07) is 4.93. The molecule has 1 aromatic carbocycles. The number of nitro benzene ring substituents is 1. The molecule has 0 fully saturated rings. The Labute approximate surface area is 120 Å². The van der Waals surface area contributed by atoms with Gasteiger partial charge in [-0.15, -0.1) is 0 Å². The van der Waals surface area contributed by atoms with Gasteiger partial charge in [0.1, 0.15) is 0 Å². The molecule has 0 aromatic heterocycles. The first-order valence-corrected chi connectivity index (χ1v) is 7.04. The molecule has 0 saturated heterocycles. The van der Waals surface area contributed by atoms with E-state index in [1.807, 2.05) is 13.8 Å². The van der Waals surface area contributed by atoms with E-state index in [0.29, 0.717) is 5.75 Å². The average Bonchev–Trinajstić information content (AvgIpc) is 2.37. The second-order valence-electron chi connectivity index (χ2n) is 5.50. The molecule has 0 aliphatic carbocycles. The number of hydrogen-bond acceptors (Lipinski definition) is 4. The second kappa shape index (κ2) is 6.59. The Hall–Kier alpha value is -1.78. The highest BCUT2D eigenvalue weighted by Gasteiger charge is 2.22. The van der Waals surface area contributed by atoms with Crippen molar-refractivity contribution in [3.05, 3.63) is 28.3 Å². The van der Waals surface area contributed by atoms with Gasteiger partial charge in [-0.2, -0.15) is 0 Å². The molecule has 5 nitrogen and oxygen atoms in total. The lowest BCUT2D eigenvalue weighted by atomic mass is 9.95. The van der Waals surface area contributed by atoms with Crippen LogP contribution in [0.4, 0.5) is 11.4 Å². The molecule has 0 aliphatic rings. The fourth-order valence-electron chi connectivity index (χ4n) is 1.87. The fourth-order valence-corrected chi connectivity index (χ4v) is 1.87. The van der Waals surface area contributed by atoms with Crippen molar-refractivity contribution < 1.29 is 9.66 Å². The van der Waals surface area contributed by atoms with Gasteiger partial charge >= 0.3 is 5.69 Å². The van der Waals surface area contributed by atoms with Crippen LogP contribution in [0, 0.1) is 10.1 Å². The maximum atomic E-state index is 11.0. The number of ether oxygens (including phenoxy) is 1. The van der Waals surface area contributed by atoms with Crippen LogP contribution in [0.5, 0.6) is 5.75 Å². The third-order valence-corrected chi connectivity index (χ3v) is 3.53. The molecule has 5 heteroatoms. The van der Waals surface area contributed by atoms with Gasteiger partial charge in [0.2, 0.25) is 0 Å². The van der Waals surface area contributed by atoms with E-state index in [0.717, 1.165) is 18.5 Å². The fraction of sp³-hybridized carbons (Fsp3) is 0.600. The maximum Gasteiger partial charge on any atom is 0.311 e. The van der Waals surface area contributed by atoms with Crippen molar-refractivity contribution in [1.82, 2.24) is 0 Å². The van der Waals surface area contributed by atoms with Gasteiger partial charge < -0.3 is 10.1 Å². The molecule has 0 unspecified atom stereocenters. The lowest BCUT2D eigenvalue weighted by molar-refractivity contribution is -0.386. The topological polar surface area (TPSA) is 64.4 Å². The summed E-state index contributed by atoms with van der Waals surface area (Å²) in [4.78, 5) is 10.6. The van der Waals surface area contributed by atoms with Gasteiger partial charge in [0.25, 0.3) is 0 Å². The van der Waals surface area contributed by atoms with E-state index in [4.69, 9.17) is 4.74 Å². The number of nitrogens with one attached hydrogen (secondary N) is 1. The van der Waals surface area contributed by atoms with E-state index < -0.39 is 4.92 Å². The minimum atomic E-state index is -0.416. The summed E-state index contributed by atoms with van der Waals surface area (Å²) >= 11 is 0. The van der Waals surface area contributed by atoms with Crippen molar-refractivity contribution in [3.8, 4) is 5.75 Å². The first-order chi connectivity index (χ1) is 9.31. The zero-order valence-corrected chi connectivity index (χ0v) is 12.9. The van der Waals surface area contributed by atoms with Crippen molar-refractivity contribution in [2.75, 3.05) is 5.32 Å². The first-order valence-electron chi connectivity index (χ1n) is 7.04. The zero-order valence-electron chi connectivity index (χ0n) is 12.9. The van der Waals surface area contributed by atoms with Crippen LogP contribution in [0.3, 0.4) is 0 Å². The van der Waals surface area contributed by atoms with E-state index >= 15 is 0 Å². The van der Waals surface area contributed by atoms with E-state index in [9.17, 15) is 10.1 Å². The van der Waals surface area contributed by atoms with E-state index in [1.54, 1.807) is 12.1 Å². The minimum Gasteiger partial charge on any atom is -0.484 e. The number of anilines is 1. The number of rotatable bonds is 7. The monoisotopic (exact) mass is 280 g/mol. The SMILES string of the molecule is CCC(C)(CC)Nc1ccc([N+](=O)[O-])c(OC(C)C)c1. The van der Waals surface area contributed by atoms with Crippen molar-refractivity contribution in [2.45, 2.75) is 59.1 Å². The average molecular weight is 280 g/mol. The van der Waals surface area contributed by atoms with Crippen LogP contribution < -0.4 is 10.1 Å². The van der Waals surface area contributed by atoms with Crippen LogP contribution in [0.2, 0.25) is 0 Å². The quantitative estimate of drug-likeness (QED) is 0.595. The Kier molecular flexibility index (Phi) is 5.36. The van der Waals surface area contributed by atoms with Crippen molar-refractivity contribution >= 4 is 11.4 Å². The molecule has 1 N–H and O–H groups in total. The summed E-state index contributed by atoms with van der Waals surface area (Å²) in [6.45, 7) is 10.1. The van der Waals surface area contributed by atoms with Crippen molar-refractivity contribution in [2.24, 2.45) is 0 Å². The normalized spacial score (nSPS) is 11.5. The number of benzene rings is 1. The second-order valence-corrected chi connectivity index (χ2v) is 5.50. The van der Waals surface area contributed by atoms with Crippen LogP contribution in [-0.4, -0.2) is 16.6 Å². The molecule has 0 atom stereocenters. The lowest BCUT2D eigenvalue weighted by Crippen LogP contribution is -2.32. The highest BCUT2D eigenvalue weighted by molar-refractivity contribution is 5.58. The molecule has 0 saturated carbocycles. The Balaban J connectivity index is 3.09. The maximum absolute atomic E-state index is 11.0. The molecule has 0 radical (unpaired) electrons. The molecule has 1 aromatic rings. The molecule has 0 bridgehead atoms. The standard InChI is InChI=1S/C15H24N2O3/c1-6-15(5,7-2)16-12-8-9-13(17(18)19)14(10-12)20-11(3)4/h8-11,16H,6-7H2,1-5H3. The van der Waals surface area contributed by atoms with Gasteiger partial charge in [0.05, 0.1) is 11.0 Å². The lowest BCUT2D eigenvalue weighted by Gasteiger charge is -2.29. The Morgan fingerprint density at radius 1 is 1.35 bits per heavy atom. The Morgan fingerprint density at radius 3 is 2.40 bits per heavy atom. The van der Waals surface area contributed by atoms with E-state index in [1.165, 1.54) is 6.07 Å². The molecule has 112 valence electrons. The highest BCUT2D eigenvalue weighted by Crippen LogP contribution is 2.32. The Morgan fingerprint density at radius 2 is 1.95 bits per heavy atom. The molecular formula is C15H24N2O3. The summed E-state index contributed by atoms with van der Waals surface area (Å²) in [5, 5.41) is 14.4. The predicted molar refractivity (Wildman–Crippen MR) is 81.5 cm³/mol. The summed E-state index contributed by atoms with van der Waals surface area (Å²) in [6.07, 6.45) is 1.84. The third-order valence-electron chi connectivity index (χ3n) is 3.53. The van der Waals surface area contributed by atoms with Crippen LogP contribution in [0.25, 0.3) is 0 Å². The summed E-state index contributed by atoms with van der Waals surface area (Å²) in [5.41, 5.74) is 0.821. The number of nitro groups is 1. The zero-order chi connectivity index (χ0) is 15.3. The van der Waals surface area contributed by atoms with Crippen LogP contribution in [-0.2, 0) is 0 Å². The summed E-state index contributed by atoms with van der Waals surface area (Å²) < 4.78 is 5.55. The largest absolute Gasteiger partial charge is 0.484 e. The number of nitrogens with zero attached hydrogens (tertiary/aromatic N) is 1. The van der Waals surface area contributed by atoms with E-state index in [-0.39, 0.29) is 17.3 Å². The van der Waals surface area contributed by atoms with Crippen molar-refractivity contribution in [1.29, 1.82) is 0 Å². The molecule has 0 amide bonds. The van der Waals surface area contributed by atoms with Crippen LogP contribution in [0.1, 0.15) is 47.5 Å². The smallest absolute Gasteiger partial charge is 0.311 e. The summed E-state index contributed by atoms with van der Waals surface area (Å²) in [5.74, 6) is 0.310. The molecule has 0 aliphatic heterocycles. The predicted octanol–water partition coefficient (Wildman–Crippen LogP) is 4.37. The molecular weight excluding hydrogens is 256 g/mol. The van der Waals surface area contributed by atoms with Gasteiger partial charge in [0, 0.05) is 23.4 Å². The summed E-state index contributed by atoms with van der Waals surface area (Å²) in [7, 11) is 0. The van der Waals surface area contributed by atoms with Crippen molar-refractivity contribution in [3.63, 3.8) is 0 Å².